The molecule has 3 rings (SSSR count). The minimum atomic E-state index is -0.783. The molecule has 0 aliphatic carbocycles. The molecule has 2 N–H and O–H groups in total. The van der Waals surface area contributed by atoms with Crippen molar-refractivity contribution < 1.29 is 19.1 Å². The molecule has 0 aliphatic heterocycles. The molecule has 156 valence electrons. The van der Waals surface area contributed by atoms with Gasteiger partial charge in [-0.2, -0.15) is 0 Å². The molecule has 6 nitrogen and oxygen atoms in total. The lowest BCUT2D eigenvalue weighted by atomic mass is 10.0. The van der Waals surface area contributed by atoms with Gasteiger partial charge in [0.25, 0.3) is 11.8 Å². The smallest absolute Gasteiger partial charge is 0.279 e. The molecule has 0 radical (unpaired) electrons. The van der Waals surface area contributed by atoms with Gasteiger partial charge in [-0.05, 0) is 47.4 Å². The van der Waals surface area contributed by atoms with Crippen LogP contribution in [0.2, 0.25) is 0 Å². The number of hydrazine groups is 1. The predicted molar refractivity (Wildman–Crippen MR) is 116 cm³/mol. The van der Waals surface area contributed by atoms with Crippen LogP contribution in [-0.2, 0) is 9.59 Å². The molecule has 3 aromatic carbocycles. The van der Waals surface area contributed by atoms with Crippen molar-refractivity contribution in [2.45, 2.75) is 32.8 Å². The van der Waals surface area contributed by atoms with Crippen LogP contribution in [0.25, 0.3) is 10.8 Å². The van der Waals surface area contributed by atoms with Crippen LogP contribution in [0.3, 0.4) is 0 Å². The Morgan fingerprint density at radius 2 is 1.57 bits per heavy atom. The fraction of sp³-hybridized carbons (Fsp3) is 0.250. The summed E-state index contributed by atoms with van der Waals surface area (Å²) in [5.41, 5.74) is 5.74. The van der Waals surface area contributed by atoms with Crippen molar-refractivity contribution >= 4 is 22.6 Å². The third-order valence-electron chi connectivity index (χ3n) is 4.63. The van der Waals surface area contributed by atoms with Crippen LogP contribution in [-0.4, -0.2) is 24.5 Å². The molecule has 0 aliphatic rings. The molecule has 0 fully saturated rings. The van der Waals surface area contributed by atoms with Gasteiger partial charge in [0.1, 0.15) is 11.5 Å². The van der Waals surface area contributed by atoms with Gasteiger partial charge in [0.15, 0.2) is 12.7 Å². The normalized spacial score (nSPS) is 11.7. The van der Waals surface area contributed by atoms with Crippen molar-refractivity contribution in [1.82, 2.24) is 10.9 Å². The summed E-state index contributed by atoms with van der Waals surface area (Å²) >= 11 is 0. The summed E-state index contributed by atoms with van der Waals surface area (Å²) in [6.45, 7) is 5.52. The van der Waals surface area contributed by atoms with Gasteiger partial charge in [-0.25, -0.2) is 0 Å². The van der Waals surface area contributed by atoms with Gasteiger partial charge < -0.3 is 9.47 Å². The van der Waals surface area contributed by atoms with Crippen LogP contribution in [0.4, 0.5) is 0 Å². The fourth-order valence-corrected chi connectivity index (χ4v) is 3.00. The maximum Gasteiger partial charge on any atom is 0.279 e. The molecule has 0 saturated carbocycles. The quantitative estimate of drug-likeness (QED) is 0.583. The van der Waals surface area contributed by atoms with E-state index in [0.717, 1.165) is 16.3 Å². The van der Waals surface area contributed by atoms with Crippen LogP contribution in [0.1, 0.15) is 32.3 Å². The van der Waals surface area contributed by atoms with Gasteiger partial charge in [-0.1, -0.05) is 62.4 Å². The summed E-state index contributed by atoms with van der Waals surface area (Å²) in [7, 11) is 0. The number of hydrogen-bond acceptors (Lipinski definition) is 4. The number of carbonyl (C=O) groups excluding carboxylic acids is 2. The topological polar surface area (TPSA) is 76.7 Å². The van der Waals surface area contributed by atoms with Crippen molar-refractivity contribution in [1.29, 1.82) is 0 Å². The maximum absolute atomic E-state index is 12.2. The van der Waals surface area contributed by atoms with Gasteiger partial charge in [0.05, 0.1) is 0 Å². The summed E-state index contributed by atoms with van der Waals surface area (Å²) in [6, 6.07) is 21.1. The van der Waals surface area contributed by atoms with E-state index in [2.05, 4.69) is 24.7 Å². The molecule has 30 heavy (non-hydrogen) atoms. The number of hydrogen-bond donors (Lipinski definition) is 2. The van der Waals surface area contributed by atoms with Crippen molar-refractivity contribution in [2.24, 2.45) is 0 Å². The number of carbonyl (C=O) groups is 2. The third-order valence-corrected chi connectivity index (χ3v) is 4.63. The molecule has 0 bridgehead atoms. The number of ether oxygens (including phenoxy) is 2. The van der Waals surface area contributed by atoms with Gasteiger partial charge in [-0.15, -0.1) is 0 Å². The van der Waals surface area contributed by atoms with Crippen LogP contribution < -0.4 is 20.3 Å². The Balaban J connectivity index is 1.47. The highest BCUT2D eigenvalue weighted by Crippen LogP contribution is 2.25. The highest BCUT2D eigenvalue weighted by molar-refractivity contribution is 5.86. The second-order valence-corrected chi connectivity index (χ2v) is 7.29. The number of para-hydroxylation sites is 1. The summed E-state index contributed by atoms with van der Waals surface area (Å²) in [5, 5.41) is 2.11. The molecular weight excluding hydrogens is 380 g/mol. The molecule has 6 heteroatoms. The first kappa shape index (κ1) is 21.2. The highest BCUT2D eigenvalue weighted by Gasteiger charge is 2.16. The molecule has 1 unspecified atom stereocenters. The molecule has 0 spiro atoms. The van der Waals surface area contributed by atoms with Gasteiger partial charge in [0.2, 0.25) is 0 Å². The summed E-state index contributed by atoms with van der Waals surface area (Å²) in [5.74, 6) is 0.592. The van der Waals surface area contributed by atoms with Crippen molar-refractivity contribution in [3.63, 3.8) is 0 Å². The molecule has 2 amide bonds. The Labute approximate surface area is 176 Å². The Hall–Kier alpha value is -3.54. The van der Waals surface area contributed by atoms with Gasteiger partial charge in [-0.3, -0.25) is 20.4 Å². The van der Waals surface area contributed by atoms with Crippen molar-refractivity contribution in [3.8, 4) is 11.5 Å². The second-order valence-electron chi connectivity index (χ2n) is 7.29. The van der Waals surface area contributed by atoms with Crippen molar-refractivity contribution in [3.05, 3.63) is 72.3 Å². The zero-order valence-electron chi connectivity index (χ0n) is 17.3. The largest absolute Gasteiger partial charge is 0.483 e. The lowest BCUT2D eigenvalue weighted by Crippen LogP contribution is -2.48. The number of amides is 2. The van der Waals surface area contributed by atoms with Crippen LogP contribution in [0, 0.1) is 0 Å². The molecule has 0 heterocycles. The van der Waals surface area contributed by atoms with E-state index in [0.29, 0.717) is 11.5 Å². The second kappa shape index (κ2) is 9.78. The van der Waals surface area contributed by atoms with E-state index in [1.807, 2.05) is 66.7 Å². The standard InChI is InChI=1S/C24H26N2O4/c1-16(2)21-10-6-7-11-22(21)29-15-23(27)25-26-24(28)17(3)30-20-13-12-18-8-4-5-9-19(18)14-20/h4-14,16-17H,15H2,1-3H3,(H,25,27)(H,26,28). The Morgan fingerprint density at radius 1 is 0.867 bits per heavy atom. The molecule has 3 aromatic rings. The first-order valence-electron chi connectivity index (χ1n) is 9.90. The number of rotatable bonds is 7. The number of nitrogens with one attached hydrogen (secondary N) is 2. The van der Waals surface area contributed by atoms with Crippen LogP contribution >= 0.6 is 0 Å². The van der Waals surface area contributed by atoms with E-state index in [1.54, 1.807) is 6.92 Å². The highest BCUT2D eigenvalue weighted by atomic mass is 16.5. The van der Waals surface area contributed by atoms with E-state index in [9.17, 15) is 9.59 Å². The predicted octanol–water partition coefficient (Wildman–Crippen LogP) is 3.96. The average molecular weight is 406 g/mol. The maximum atomic E-state index is 12.2. The van der Waals surface area contributed by atoms with E-state index in [4.69, 9.17) is 9.47 Å². The lowest BCUT2D eigenvalue weighted by Gasteiger charge is -2.16. The molecular formula is C24H26N2O4. The average Bonchev–Trinajstić information content (AvgIpc) is 2.76. The Bertz CT molecular complexity index is 1030. The lowest BCUT2D eigenvalue weighted by molar-refractivity contribution is -0.133. The molecule has 1 atom stereocenters. The molecule has 0 saturated heterocycles. The summed E-state index contributed by atoms with van der Waals surface area (Å²) in [4.78, 5) is 24.3. The van der Waals surface area contributed by atoms with Crippen molar-refractivity contribution in [2.75, 3.05) is 6.61 Å². The van der Waals surface area contributed by atoms with E-state index in [-0.39, 0.29) is 12.5 Å². The van der Waals surface area contributed by atoms with Crippen LogP contribution in [0.5, 0.6) is 11.5 Å². The zero-order chi connectivity index (χ0) is 21.5. The fourth-order valence-electron chi connectivity index (χ4n) is 3.00. The number of benzene rings is 3. The first-order valence-corrected chi connectivity index (χ1v) is 9.90. The van der Waals surface area contributed by atoms with E-state index < -0.39 is 17.9 Å². The Kier molecular flexibility index (Phi) is 6.91. The summed E-state index contributed by atoms with van der Waals surface area (Å²) < 4.78 is 11.3. The third kappa shape index (κ3) is 5.50. The summed E-state index contributed by atoms with van der Waals surface area (Å²) in [6.07, 6.45) is -0.783. The number of fused-ring (bicyclic) bond motifs is 1. The monoisotopic (exact) mass is 406 g/mol. The van der Waals surface area contributed by atoms with E-state index >= 15 is 0 Å². The minimum absolute atomic E-state index is 0.204. The minimum Gasteiger partial charge on any atom is -0.483 e. The SMILES string of the molecule is CC(Oc1ccc2ccccc2c1)C(=O)NNC(=O)COc1ccccc1C(C)C. The zero-order valence-corrected chi connectivity index (χ0v) is 17.3. The molecule has 0 aromatic heterocycles. The first-order chi connectivity index (χ1) is 14.4. The van der Waals surface area contributed by atoms with E-state index in [1.165, 1.54) is 0 Å². The van der Waals surface area contributed by atoms with Gasteiger partial charge in [0, 0.05) is 0 Å². The van der Waals surface area contributed by atoms with Crippen LogP contribution in [0.15, 0.2) is 66.7 Å². The van der Waals surface area contributed by atoms with Gasteiger partial charge >= 0.3 is 0 Å². The Morgan fingerprint density at radius 3 is 2.33 bits per heavy atom.